The fourth-order valence-electron chi connectivity index (χ4n) is 2.57. The summed E-state index contributed by atoms with van der Waals surface area (Å²) in [7, 11) is 0. The van der Waals surface area contributed by atoms with Crippen molar-refractivity contribution in [2.45, 2.75) is 51.5 Å². The number of nitrogens with two attached hydrogens (primary N) is 1. The summed E-state index contributed by atoms with van der Waals surface area (Å²) >= 11 is 1.59. The van der Waals surface area contributed by atoms with Crippen LogP contribution in [0.25, 0.3) is 4.96 Å². The van der Waals surface area contributed by atoms with Gasteiger partial charge in [-0.15, -0.1) is 10.2 Å². The van der Waals surface area contributed by atoms with Crippen LogP contribution < -0.4 is 5.73 Å². The number of aryl methyl sites for hydroxylation is 1. The van der Waals surface area contributed by atoms with Crippen LogP contribution in [0.5, 0.6) is 0 Å². The number of aromatic nitrogens is 4. The summed E-state index contributed by atoms with van der Waals surface area (Å²) in [5, 5.41) is 14.0. The minimum atomic E-state index is -0.247. The van der Waals surface area contributed by atoms with Gasteiger partial charge in [-0.05, 0) is 31.6 Å². The normalized spacial score (nSPS) is 28.9. The van der Waals surface area contributed by atoms with E-state index in [9.17, 15) is 0 Å². The topological polar surface area (TPSA) is 69.1 Å². The number of rotatable bonds is 2. The molecule has 6 heteroatoms. The van der Waals surface area contributed by atoms with E-state index in [1.807, 2.05) is 4.52 Å². The van der Waals surface area contributed by atoms with Crippen molar-refractivity contribution in [3.63, 3.8) is 0 Å². The van der Waals surface area contributed by atoms with Crippen molar-refractivity contribution >= 4 is 16.3 Å². The molecule has 2 heterocycles. The molecule has 2 aromatic heterocycles. The van der Waals surface area contributed by atoms with Crippen molar-refractivity contribution in [1.82, 2.24) is 19.8 Å². The van der Waals surface area contributed by atoms with E-state index in [4.69, 9.17) is 5.73 Å². The highest BCUT2D eigenvalue weighted by molar-refractivity contribution is 7.16. The predicted molar refractivity (Wildman–Crippen MR) is 71.5 cm³/mol. The van der Waals surface area contributed by atoms with Gasteiger partial charge in [-0.25, -0.2) is 0 Å². The fraction of sp³-hybridized carbons (Fsp3) is 0.750. The molecule has 1 saturated carbocycles. The molecule has 0 radical (unpaired) electrons. The van der Waals surface area contributed by atoms with E-state index in [0.29, 0.717) is 0 Å². The van der Waals surface area contributed by atoms with Crippen LogP contribution in [-0.2, 0) is 12.0 Å². The molecule has 0 aromatic carbocycles. The molecular formula is C12H19N5S. The Morgan fingerprint density at radius 2 is 2.11 bits per heavy atom. The lowest BCUT2D eigenvalue weighted by Crippen LogP contribution is -2.40. The highest BCUT2D eigenvalue weighted by atomic mass is 32.1. The Kier molecular flexibility index (Phi) is 2.86. The first kappa shape index (κ1) is 12.0. The third-order valence-electron chi connectivity index (χ3n) is 3.96. The first-order valence-corrected chi connectivity index (χ1v) is 7.44. The molecule has 0 amide bonds. The molecule has 1 fully saturated rings. The van der Waals surface area contributed by atoms with Crippen LogP contribution in [0.15, 0.2) is 0 Å². The third-order valence-corrected chi connectivity index (χ3v) is 5.08. The van der Waals surface area contributed by atoms with Gasteiger partial charge in [0.15, 0.2) is 5.82 Å². The van der Waals surface area contributed by atoms with Crippen LogP contribution in [0.3, 0.4) is 0 Å². The van der Waals surface area contributed by atoms with Crippen LogP contribution in [0.2, 0.25) is 0 Å². The zero-order valence-corrected chi connectivity index (χ0v) is 11.7. The Labute approximate surface area is 110 Å². The molecule has 1 aliphatic rings. The Balaban J connectivity index is 1.96. The lowest BCUT2D eigenvalue weighted by molar-refractivity contribution is 0.246. The monoisotopic (exact) mass is 265 g/mol. The van der Waals surface area contributed by atoms with Gasteiger partial charge in [0.05, 0.1) is 5.54 Å². The van der Waals surface area contributed by atoms with Gasteiger partial charge in [0.2, 0.25) is 4.96 Å². The number of hydrogen-bond donors (Lipinski definition) is 1. The van der Waals surface area contributed by atoms with Crippen molar-refractivity contribution in [1.29, 1.82) is 0 Å². The van der Waals surface area contributed by atoms with Crippen LogP contribution in [0, 0.1) is 5.92 Å². The molecule has 3 rings (SSSR count). The molecule has 0 aliphatic heterocycles. The van der Waals surface area contributed by atoms with Crippen molar-refractivity contribution in [2.75, 3.05) is 0 Å². The van der Waals surface area contributed by atoms with Crippen LogP contribution in [-0.4, -0.2) is 19.8 Å². The second-order valence-corrected chi connectivity index (χ2v) is 6.37. The summed E-state index contributed by atoms with van der Waals surface area (Å²) in [4.78, 5) is 0.866. The summed E-state index contributed by atoms with van der Waals surface area (Å²) < 4.78 is 1.85. The Morgan fingerprint density at radius 1 is 1.39 bits per heavy atom. The van der Waals surface area contributed by atoms with Crippen molar-refractivity contribution < 1.29 is 0 Å². The van der Waals surface area contributed by atoms with Gasteiger partial charge in [0, 0.05) is 6.42 Å². The molecule has 0 spiro atoms. The number of fused-ring (bicyclic) bond motifs is 1. The second-order valence-electron chi connectivity index (χ2n) is 5.41. The quantitative estimate of drug-likeness (QED) is 0.903. The van der Waals surface area contributed by atoms with E-state index in [-0.39, 0.29) is 5.54 Å². The summed E-state index contributed by atoms with van der Waals surface area (Å²) in [5.41, 5.74) is 6.30. The average Bonchev–Trinajstić information content (AvgIpc) is 2.93. The summed E-state index contributed by atoms with van der Waals surface area (Å²) in [6, 6.07) is 0. The molecular weight excluding hydrogens is 246 g/mol. The van der Waals surface area contributed by atoms with Crippen LogP contribution in [0.1, 0.15) is 50.4 Å². The average molecular weight is 265 g/mol. The minimum absolute atomic E-state index is 0.247. The molecule has 0 saturated heterocycles. The zero-order valence-electron chi connectivity index (χ0n) is 10.9. The highest BCUT2D eigenvalue weighted by Gasteiger charge is 2.35. The van der Waals surface area contributed by atoms with E-state index >= 15 is 0 Å². The molecule has 0 bridgehead atoms. The molecule has 0 unspecified atom stereocenters. The van der Waals surface area contributed by atoms with E-state index in [1.54, 1.807) is 11.3 Å². The minimum Gasteiger partial charge on any atom is -0.319 e. The van der Waals surface area contributed by atoms with Gasteiger partial charge in [0.25, 0.3) is 0 Å². The lowest BCUT2D eigenvalue weighted by Gasteiger charge is -2.33. The van der Waals surface area contributed by atoms with Crippen molar-refractivity contribution in [2.24, 2.45) is 11.7 Å². The zero-order chi connectivity index (χ0) is 12.8. The van der Waals surface area contributed by atoms with Gasteiger partial charge in [-0.3, -0.25) is 0 Å². The maximum atomic E-state index is 6.54. The Bertz CT molecular complexity index is 550. The maximum absolute atomic E-state index is 6.54. The lowest BCUT2D eigenvalue weighted by atomic mass is 9.78. The molecule has 98 valence electrons. The van der Waals surface area contributed by atoms with Gasteiger partial charge in [0.1, 0.15) is 5.01 Å². The second kappa shape index (κ2) is 4.28. The fourth-order valence-corrected chi connectivity index (χ4v) is 3.59. The summed E-state index contributed by atoms with van der Waals surface area (Å²) in [6.07, 6.45) is 5.28. The van der Waals surface area contributed by atoms with E-state index < -0.39 is 0 Å². The standard InChI is InChI=1S/C12H19N5S/c1-3-9-14-15-11-17(9)16-10(18-11)12(13)6-4-8(2)5-7-12/h8H,3-7,13H2,1-2H3. The Morgan fingerprint density at radius 3 is 2.78 bits per heavy atom. The predicted octanol–water partition coefficient (Wildman–Crippen LogP) is 2.11. The maximum Gasteiger partial charge on any atom is 0.234 e. The first-order chi connectivity index (χ1) is 8.62. The van der Waals surface area contributed by atoms with Gasteiger partial charge < -0.3 is 5.73 Å². The van der Waals surface area contributed by atoms with E-state index in [0.717, 1.165) is 41.0 Å². The van der Waals surface area contributed by atoms with E-state index in [1.165, 1.54) is 12.8 Å². The first-order valence-electron chi connectivity index (χ1n) is 6.63. The highest BCUT2D eigenvalue weighted by Crippen LogP contribution is 2.38. The van der Waals surface area contributed by atoms with Crippen molar-refractivity contribution in [3.05, 3.63) is 10.8 Å². The molecule has 1 aliphatic carbocycles. The molecule has 2 N–H and O–H groups in total. The molecule has 5 nitrogen and oxygen atoms in total. The van der Waals surface area contributed by atoms with Gasteiger partial charge in [-0.1, -0.05) is 25.2 Å². The molecule has 0 atom stereocenters. The summed E-state index contributed by atoms with van der Waals surface area (Å²) in [6.45, 7) is 4.36. The molecule has 2 aromatic rings. The number of nitrogens with zero attached hydrogens (tertiary/aromatic N) is 4. The summed E-state index contributed by atoms with van der Waals surface area (Å²) in [5.74, 6) is 1.71. The van der Waals surface area contributed by atoms with Crippen LogP contribution in [0.4, 0.5) is 0 Å². The molecule has 18 heavy (non-hydrogen) atoms. The van der Waals surface area contributed by atoms with Gasteiger partial charge >= 0.3 is 0 Å². The van der Waals surface area contributed by atoms with E-state index in [2.05, 4.69) is 29.1 Å². The Hall–Kier alpha value is -1.01. The third kappa shape index (κ3) is 1.83. The van der Waals surface area contributed by atoms with Crippen molar-refractivity contribution in [3.8, 4) is 0 Å². The van der Waals surface area contributed by atoms with Gasteiger partial charge in [-0.2, -0.15) is 9.61 Å². The number of hydrogen-bond acceptors (Lipinski definition) is 5. The smallest absolute Gasteiger partial charge is 0.234 e. The largest absolute Gasteiger partial charge is 0.319 e. The SMILES string of the molecule is CCc1nnc2sc(C3(N)CCC(C)CC3)nn12. The van der Waals surface area contributed by atoms with Crippen LogP contribution >= 0.6 is 11.3 Å².